The van der Waals surface area contributed by atoms with Crippen LogP contribution in [0.1, 0.15) is 24.0 Å². The Labute approximate surface area is 125 Å². The predicted octanol–water partition coefficient (Wildman–Crippen LogP) is 3.10. The van der Waals surface area contributed by atoms with E-state index >= 15 is 0 Å². The van der Waals surface area contributed by atoms with Gasteiger partial charge in [0, 0.05) is 6.42 Å². The Morgan fingerprint density at radius 1 is 0.905 bits per heavy atom. The molecule has 21 heavy (non-hydrogen) atoms. The van der Waals surface area contributed by atoms with E-state index in [1.807, 2.05) is 0 Å². The zero-order valence-electron chi connectivity index (χ0n) is 12.2. The molecule has 1 aliphatic carbocycles. The Bertz CT molecular complexity index is 585. The van der Waals surface area contributed by atoms with Gasteiger partial charge >= 0.3 is 0 Å². The molecule has 0 aromatic heterocycles. The molecule has 1 heterocycles. The van der Waals surface area contributed by atoms with Crippen molar-refractivity contribution in [1.29, 1.82) is 0 Å². The minimum atomic E-state index is -0.241. The summed E-state index contributed by atoms with van der Waals surface area (Å²) in [6, 6.07) is 21.1. The Balaban J connectivity index is 1.60. The SMILES string of the molecule is NC1(Cc2ccccc2)CCC2OC21Cc1ccccc1. The molecule has 4 rings (SSSR count). The van der Waals surface area contributed by atoms with Gasteiger partial charge in [-0.1, -0.05) is 60.7 Å². The lowest BCUT2D eigenvalue weighted by molar-refractivity contribution is 0.153. The van der Waals surface area contributed by atoms with Gasteiger partial charge in [0.25, 0.3) is 0 Å². The third-order valence-electron chi connectivity index (χ3n) is 5.18. The molecule has 2 heteroatoms. The number of epoxide rings is 1. The van der Waals surface area contributed by atoms with E-state index < -0.39 is 0 Å². The summed E-state index contributed by atoms with van der Waals surface area (Å²) < 4.78 is 6.11. The third kappa shape index (κ3) is 2.10. The summed E-state index contributed by atoms with van der Waals surface area (Å²) in [4.78, 5) is 0. The Morgan fingerprint density at radius 2 is 1.48 bits per heavy atom. The topological polar surface area (TPSA) is 38.5 Å². The molecule has 108 valence electrons. The van der Waals surface area contributed by atoms with E-state index in [-0.39, 0.29) is 11.1 Å². The molecule has 2 aliphatic rings. The average molecular weight is 279 g/mol. The average Bonchev–Trinajstić information content (AvgIpc) is 3.16. The highest BCUT2D eigenvalue weighted by atomic mass is 16.6. The number of benzene rings is 2. The largest absolute Gasteiger partial charge is 0.364 e. The molecular weight excluding hydrogens is 258 g/mol. The van der Waals surface area contributed by atoms with Crippen molar-refractivity contribution in [1.82, 2.24) is 0 Å². The fourth-order valence-electron chi connectivity index (χ4n) is 3.98. The highest BCUT2D eigenvalue weighted by Crippen LogP contribution is 2.57. The van der Waals surface area contributed by atoms with Gasteiger partial charge in [0.05, 0.1) is 11.6 Å². The van der Waals surface area contributed by atoms with Crippen LogP contribution in [-0.2, 0) is 17.6 Å². The van der Waals surface area contributed by atoms with Crippen LogP contribution in [0.15, 0.2) is 60.7 Å². The standard InChI is InChI=1S/C19H21NO/c20-18(13-15-7-3-1-4-8-15)12-11-17-19(18,21-17)14-16-9-5-2-6-10-16/h1-10,17H,11-14,20H2. The molecule has 1 saturated carbocycles. The number of fused-ring (bicyclic) bond motifs is 1. The number of rotatable bonds is 4. The Hall–Kier alpha value is -1.64. The van der Waals surface area contributed by atoms with Gasteiger partial charge in [-0.25, -0.2) is 0 Å². The number of nitrogens with two attached hydrogens (primary N) is 1. The summed E-state index contributed by atoms with van der Waals surface area (Å²) in [7, 11) is 0. The van der Waals surface area contributed by atoms with Crippen LogP contribution in [0.25, 0.3) is 0 Å². The van der Waals surface area contributed by atoms with E-state index in [9.17, 15) is 0 Å². The first kappa shape index (κ1) is 13.1. The quantitative estimate of drug-likeness (QED) is 0.873. The minimum absolute atomic E-state index is 0.149. The van der Waals surface area contributed by atoms with Crippen molar-refractivity contribution >= 4 is 0 Å². The maximum Gasteiger partial charge on any atom is 0.117 e. The van der Waals surface area contributed by atoms with Crippen molar-refractivity contribution in [3.63, 3.8) is 0 Å². The summed E-state index contributed by atoms with van der Waals surface area (Å²) >= 11 is 0. The van der Waals surface area contributed by atoms with Gasteiger partial charge in [-0.05, 0) is 30.4 Å². The molecule has 1 saturated heterocycles. The maximum absolute atomic E-state index is 6.83. The van der Waals surface area contributed by atoms with Crippen LogP contribution < -0.4 is 5.73 Å². The molecule has 0 bridgehead atoms. The van der Waals surface area contributed by atoms with Crippen molar-refractivity contribution in [2.45, 2.75) is 42.9 Å². The van der Waals surface area contributed by atoms with Gasteiger partial charge in [-0.3, -0.25) is 0 Å². The second-order valence-corrected chi connectivity index (χ2v) is 6.52. The van der Waals surface area contributed by atoms with Gasteiger partial charge in [-0.15, -0.1) is 0 Å². The lowest BCUT2D eigenvalue weighted by Crippen LogP contribution is -2.54. The van der Waals surface area contributed by atoms with Gasteiger partial charge in [0.15, 0.2) is 0 Å². The fraction of sp³-hybridized carbons (Fsp3) is 0.368. The van der Waals surface area contributed by atoms with Crippen molar-refractivity contribution in [3.05, 3.63) is 71.8 Å². The number of ether oxygens (including phenoxy) is 1. The zero-order valence-corrected chi connectivity index (χ0v) is 12.2. The van der Waals surface area contributed by atoms with Gasteiger partial charge in [0.1, 0.15) is 5.60 Å². The highest BCUT2D eigenvalue weighted by molar-refractivity contribution is 5.33. The third-order valence-corrected chi connectivity index (χ3v) is 5.18. The summed E-state index contributed by atoms with van der Waals surface area (Å²) in [5.74, 6) is 0. The van der Waals surface area contributed by atoms with Gasteiger partial charge < -0.3 is 10.5 Å². The molecule has 2 fully saturated rings. The van der Waals surface area contributed by atoms with Crippen LogP contribution in [0.3, 0.4) is 0 Å². The van der Waals surface area contributed by atoms with Crippen molar-refractivity contribution in [2.75, 3.05) is 0 Å². The molecule has 2 nitrogen and oxygen atoms in total. The fourth-order valence-corrected chi connectivity index (χ4v) is 3.98. The molecule has 2 aromatic carbocycles. The van der Waals surface area contributed by atoms with E-state index in [4.69, 9.17) is 10.5 Å². The van der Waals surface area contributed by atoms with Crippen LogP contribution in [0.4, 0.5) is 0 Å². The van der Waals surface area contributed by atoms with Crippen molar-refractivity contribution in [2.24, 2.45) is 5.73 Å². The molecule has 0 radical (unpaired) electrons. The summed E-state index contributed by atoms with van der Waals surface area (Å²) in [5, 5.41) is 0. The predicted molar refractivity (Wildman–Crippen MR) is 84.0 cm³/mol. The summed E-state index contributed by atoms with van der Waals surface area (Å²) in [5.41, 5.74) is 9.08. The number of hydrogen-bond acceptors (Lipinski definition) is 2. The van der Waals surface area contributed by atoms with Gasteiger partial charge in [-0.2, -0.15) is 0 Å². The molecule has 0 amide bonds. The molecule has 1 aliphatic heterocycles. The second kappa shape index (κ2) is 4.69. The van der Waals surface area contributed by atoms with E-state index in [1.165, 1.54) is 11.1 Å². The van der Waals surface area contributed by atoms with Crippen LogP contribution in [0, 0.1) is 0 Å². The van der Waals surface area contributed by atoms with Crippen molar-refractivity contribution < 1.29 is 4.74 Å². The first-order chi connectivity index (χ1) is 10.2. The van der Waals surface area contributed by atoms with E-state index in [1.54, 1.807) is 0 Å². The van der Waals surface area contributed by atoms with E-state index in [0.717, 1.165) is 25.7 Å². The van der Waals surface area contributed by atoms with Crippen LogP contribution in [-0.4, -0.2) is 17.2 Å². The van der Waals surface area contributed by atoms with Crippen LogP contribution >= 0.6 is 0 Å². The van der Waals surface area contributed by atoms with Crippen LogP contribution in [0.2, 0.25) is 0 Å². The van der Waals surface area contributed by atoms with Gasteiger partial charge in [0.2, 0.25) is 0 Å². The molecule has 2 aromatic rings. The maximum atomic E-state index is 6.83. The molecular formula is C19H21NO. The lowest BCUT2D eigenvalue weighted by atomic mass is 9.78. The zero-order chi connectivity index (χ0) is 14.3. The van der Waals surface area contributed by atoms with Crippen LogP contribution in [0.5, 0.6) is 0 Å². The molecule has 0 spiro atoms. The number of hydrogen-bond donors (Lipinski definition) is 1. The second-order valence-electron chi connectivity index (χ2n) is 6.52. The normalized spacial score (nSPS) is 33.7. The van der Waals surface area contributed by atoms with E-state index in [0.29, 0.717) is 6.10 Å². The first-order valence-corrected chi connectivity index (χ1v) is 7.76. The van der Waals surface area contributed by atoms with E-state index in [2.05, 4.69) is 60.7 Å². The molecule has 2 N–H and O–H groups in total. The summed E-state index contributed by atoms with van der Waals surface area (Å²) in [6.45, 7) is 0. The smallest absolute Gasteiger partial charge is 0.117 e. The molecule has 3 atom stereocenters. The lowest BCUT2D eigenvalue weighted by Gasteiger charge is -2.33. The minimum Gasteiger partial charge on any atom is -0.364 e. The first-order valence-electron chi connectivity index (χ1n) is 7.76. The monoisotopic (exact) mass is 279 g/mol. The summed E-state index contributed by atoms with van der Waals surface area (Å²) in [6.07, 6.45) is 4.33. The van der Waals surface area contributed by atoms with Crippen molar-refractivity contribution in [3.8, 4) is 0 Å². The highest BCUT2D eigenvalue weighted by Gasteiger charge is 2.70. The Morgan fingerprint density at radius 3 is 2.05 bits per heavy atom. The Kier molecular flexibility index (Phi) is 2.91. The molecule has 3 unspecified atom stereocenters.